The van der Waals surface area contributed by atoms with Crippen molar-refractivity contribution in [3.05, 3.63) is 0 Å². The van der Waals surface area contributed by atoms with Crippen molar-refractivity contribution in [1.29, 1.82) is 0 Å². The molecule has 0 radical (unpaired) electrons. The van der Waals surface area contributed by atoms with Gasteiger partial charge < -0.3 is 15.7 Å². The third-order valence-corrected chi connectivity index (χ3v) is 2.10. The standard InChI is InChI=1S/C10H21N3O3/c1-12(2)5-3-6-13(8-9(11)14)7-4-10(15)16/h3-8H2,1-2H3,(H2,11,14)(H,15,16). The fourth-order valence-electron chi connectivity index (χ4n) is 1.35. The van der Waals surface area contributed by atoms with Gasteiger partial charge in [-0.05, 0) is 33.6 Å². The van der Waals surface area contributed by atoms with Gasteiger partial charge in [-0.2, -0.15) is 0 Å². The Morgan fingerprint density at radius 2 is 1.81 bits per heavy atom. The quantitative estimate of drug-likeness (QED) is 0.542. The summed E-state index contributed by atoms with van der Waals surface area (Å²) in [5.74, 6) is -1.28. The molecule has 0 bridgehead atoms. The molecule has 3 N–H and O–H groups in total. The number of aliphatic carboxylic acids is 1. The third kappa shape index (κ3) is 9.42. The fourth-order valence-corrected chi connectivity index (χ4v) is 1.35. The van der Waals surface area contributed by atoms with Crippen LogP contribution in [-0.2, 0) is 9.59 Å². The molecule has 0 fully saturated rings. The predicted octanol–water partition coefficient (Wildman–Crippen LogP) is -0.800. The molecule has 0 aliphatic rings. The summed E-state index contributed by atoms with van der Waals surface area (Å²) < 4.78 is 0. The normalized spacial score (nSPS) is 11.0. The van der Waals surface area contributed by atoms with E-state index in [-0.39, 0.29) is 13.0 Å². The second kappa shape index (κ2) is 8.06. The highest BCUT2D eigenvalue weighted by atomic mass is 16.4. The molecule has 94 valence electrons. The molecule has 0 unspecified atom stereocenters. The molecule has 0 aromatic heterocycles. The van der Waals surface area contributed by atoms with Crippen LogP contribution in [0.15, 0.2) is 0 Å². The zero-order valence-corrected chi connectivity index (χ0v) is 9.98. The number of hydrogen-bond acceptors (Lipinski definition) is 4. The summed E-state index contributed by atoms with van der Waals surface area (Å²) in [6.07, 6.45) is 0.926. The Labute approximate surface area is 96.0 Å². The van der Waals surface area contributed by atoms with Gasteiger partial charge in [0.25, 0.3) is 0 Å². The van der Waals surface area contributed by atoms with E-state index >= 15 is 0 Å². The molecule has 0 heterocycles. The highest BCUT2D eigenvalue weighted by Crippen LogP contribution is 1.95. The SMILES string of the molecule is CN(C)CCCN(CCC(=O)O)CC(N)=O. The van der Waals surface area contributed by atoms with Crippen molar-refractivity contribution >= 4 is 11.9 Å². The van der Waals surface area contributed by atoms with Gasteiger partial charge in [-0.25, -0.2) is 0 Å². The van der Waals surface area contributed by atoms with Crippen LogP contribution in [0.25, 0.3) is 0 Å². The van der Waals surface area contributed by atoms with Gasteiger partial charge in [0, 0.05) is 6.54 Å². The zero-order valence-electron chi connectivity index (χ0n) is 9.98. The predicted molar refractivity (Wildman–Crippen MR) is 61.1 cm³/mol. The van der Waals surface area contributed by atoms with E-state index in [4.69, 9.17) is 10.8 Å². The average molecular weight is 231 g/mol. The minimum Gasteiger partial charge on any atom is -0.481 e. The maximum absolute atomic E-state index is 10.8. The lowest BCUT2D eigenvalue weighted by molar-refractivity contribution is -0.137. The molecule has 0 spiro atoms. The van der Waals surface area contributed by atoms with Gasteiger partial charge in [0.15, 0.2) is 0 Å². The Morgan fingerprint density at radius 3 is 2.25 bits per heavy atom. The Balaban J connectivity index is 3.89. The third-order valence-electron chi connectivity index (χ3n) is 2.10. The molecular formula is C10H21N3O3. The molecular weight excluding hydrogens is 210 g/mol. The number of primary amides is 1. The summed E-state index contributed by atoms with van der Waals surface area (Å²) in [4.78, 5) is 25.0. The molecule has 0 aromatic rings. The highest BCUT2D eigenvalue weighted by Gasteiger charge is 2.09. The van der Waals surface area contributed by atoms with E-state index in [0.717, 1.165) is 13.0 Å². The summed E-state index contributed by atoms with van der Waals surface area (Å²) >= 11 is 0. The van der Waals surface area contributed by atoms with Gasteiger partial charge in [-0.1, -0.05) is 0 Å². The van der Waals surface area contributed by atoms with Crippen LogP contribution in [0, 0.1) is 0 Å². The summed E-state index contributed by atoms with van der Waals surface area (Å²) in [6.45, 7) is 2.09. The van der Waals surface area contributed by atoms with Crippen LogP contribution in [0.5, 0.6) is 0 Å². The summed E-state index contributed by atoms with van der Waals surface area (Å²) in [5.41, 5.74) is 5.09. The van der Waals surface area contributed by atoms with E-state index in [1.54, 1.807) is 4.90 Å². The first-order chi connectivity index (χ1) is 7.41. The molecule has 0 saturated heterocycles. The molecule has 0 aliphatic carbocycles. The summed E-state index contributed by atoms with van der Waals surface area (Å²) in [7, 11) is 3.94. The van der Waals surface area contributed by atoms with Crippen molar-refractivity contribution < 1.29 is 14.7 Å². The van der Waals surface area contributed by atoms with Gasteiger partial charge in [0.1, 0.15) is 0 Å². The number of hydrogen-bond donors (Lipinski definition) is 2. The van der Waals surface area contributed by atoms with Crippen LogP contribution >= 0.6 is 0 Å². The maximum Gasteiger partial charge on any atom is 0.304 e. The highest BCUT2D eigenvalue weighted by molar-refractivity contribution is 5.76. The van der Waals surface area contributed by atoms with E-state index in [1.165, 1.54) is 0 Å². The van der Waals surface area contributed by atoms with Gasteiger partial charge >= 0.3 is 5.97 Å². The van der Waals surface area contributed by atoms with Crippen LogP contribution in [0.3, 0.4) is 0 Å². The molecule has 16 heavy (non-hydrogen) atoms. The van der Waals surface area contributed by atoms with E-state index in [9.17, 15) is 9.59 Å². The minimum atomic E-state index is -0.859. The number of nitrogens with zero attached hydrogens (tertiary/aromatic N) is 2. The summed E-state index contributed by atoms with van der Waals surface area (Å²) in [6, 6.07) is 0. The topological polar surface area (TPSA) is 86.9 Å². The lowest BCUT2D eigenvalue weighted by atomic mass is 10.3. The molecule has 1 amide bonds. The lowest BCUT2D eigenvalue weighted by Crippen LogP contribution is -2.36. The number of carbonyl (C=O) groups excluding carboxylic acids is 1. The Kier molecular flexibility index (Phi) is 7.49. The van der Waals surface area contributed by atoms with Crippen molar-refractivity contribution in [3.63, 3.8) is 0 Å². The first kappa shape index (κ1) is 14.9. The van der Waals surface area contributed by atoms with E-state index in [0.29, 0.717) is 13.1 Å². The first-order valence-corrected chi connectivity index (χ1v) is 5.29. The Morgan fingerprint density at radius 1 is 1.19 bits per heavy atom. The number of amides is 1. The summed E-state index contributed by atoms with van der Waals surface area (Å²) in [5, 5.41) is 8.56. The van der Waals surface area contributed by atoms with Gasteiger partial charge in [0.05, 0.1) is 13.0 Å². The van der Waals surface area contributed by atoms with Crippen LogP contribution in [0.2, 0.25) is 0 Å². The average Bonchev–Trinajstić information content (AvgIpc) is 2.12. The lowest BCUT2D eigenvalue weighted by Gasteiger charge is -2.20. The molecule has 0 saturated carbocycles. The number of carboxylic acids is 1. The number of carbonyl (C=O) groups is 2. The molecule has 6 heteroatoms. The Hall–Kier alpha value is -1.14. The van der Waals surface area contributed by atoms with Crippen LogP contribution in [0.4, 0.5) is 0 Å². The monoisotopic (exact) mass is 231 g/mol. The van der Waals surface area contributed by atoms with Gasteiger partial charge in [-0.15, -0.1) is 0 Å². The van der Waals surface area contributed by atoms with Crippen molar-refractivity contribution in [3.8, 4) is 0 Å². The van der Waals surface area contributed by atoms with Gasteiger partial charge in [-0.3, -0.25) is 14.5 Å². The van der Waals surface area contributed by atoms with Gasteiger partial charge in [0.2, 0.25) is 5.91 Å². The number of carboxylic acid groups (broad SMARTS) is 1. The largest absolute Gasteiger partial charge is 0.481 e. The van der Waals surface area contributed by atoms with Crippen LogP contribution in [-0.4, -0.2) is 67.1 Å². The van der Waals surface area contributed by atoms with Crippen LogP contribution in [0.1, 0.15) is 12.8 Å². The van der Waals surface area contributed by atoms with Crippen molar-refractivity contribution in [1.82, 2.24) is 9.80 Å². The Bertz CT molecular complexity index is 231. The zero-order chi connectivity index (χ0) is 12.6. The molecule has 0 aliphatic heterocycles. The molecule has 0 aromatic carbocycles. The van der Waals surface area contributed by atoms with E-state index in [2.05, 4.69) is 0 Å². The maximum atomic E-state index is 10.8. The molecule has 0 atom stereocenters. The van der Waals surface area contributed by atoms with Crippen molar-refractivity contribution in [2.45, 2.75) is 12.8 Å². The van der Waals surface area contributed by atoms with Crippen molar-refractivity contribution in [2.75, 3.05) is 40.3 Å². The second-order valence-corrected chi connectivity index (χ2v) is 4.04. The number of nitrogens with two attached hydrogens (primary N) is 1. The fraction of sp³-hybridized carbons (Fsp3) is 0.800. The number of rotatable bonds is 9. The van der Waals surface area contributed by atoms with Crippen molar-refractivity contribution in [2.24, 2.45) is 5.73 Å². The molecule has 0 rings (SSSR count). The first-order valence-electron chi connectivity index (χ1n) is 5.29. The minimum absolute atomic E-state index is 0.0369. The second-order valence-electron chi connectivity index (χ2n) is 4.04. The molecule has 6 nitrogen and oxygen atoms in total. The van der Waals surface area contributed by atoms with Crippen LogP contribution < -0.4 is 5.73 Å². The van der Waals surface area contributed by atoms with E-state index < -0.39 is 11.9 Å². The smallest absolute Gasteiger partial charge is 0.304 e. The van der Waals surface area contributed by atoms with E-state index in [1.807, 2.05) is 19.0 Å².